The zero-order valence-corrected chi connectivity index (χ0v) is 16.5. The summed E-state index contributed by atoms with van der Waals surface area (Å²) < 4.78 is 5.21. The molecule has 1 aromatic carbocycles. The van der Waals surface area contributed by atoms with Crippen LogP contribution in [0.1, 0.15) is 33.4 Å². The second-order valence-corrected chi connectivity index (χ2v) is 7.03. The third kappa shape index (κ3) is 7.13. The fraction of sp³-hybridized carbons (Fsp3) is 0.450. The molecule has 0 radical (unpaired) electrons. The van der Waals surface area contributed by atoms with E-state index in [1.807, 2.05) is 45.9 Å². The zero-order valence-electron chi connectivity index (χ0n) is 16.5. The van der Waals surface area contributed by atoms with Crippen LogP contribution in [0.15, 0.2) is 41.5 Å². The summed E-state index contributed by atoms with van der Waals surface area (Å²) in [4.78, 5) is 20.7. The minimum Gasteiger partial charge on any atom is -0.444 e. The van der Waals surface area contributed by atoms with Gasteiger partial charge in [0.1, 0.15) is 5.60 Å². The van der Waals surface area contributed by atoms with Gasteiger partial charge in [0.2, 0.25) is 0 Å². The van der Waals surface area contributed by atoms with Gasteiger partial charge >= 0.3 is 6.09 Å². The highest BCUT2D eigenvalue weighted by Crippen LogP contribution is 2.16. The number of amides is 1. The monoisotopic (exact) mass is 371 g/mol. The molecule has 3 N–H and O–H groups in total. The smallest absolute Gasteiger partial charge is 0.407 e. The summed E-state index contributed by atoms with van der Waals surface area (Å²) in [5.74, 6) is 0.679. The fourth-order valence-corrected chi connectivity index (χ4v) is 2.46. The molecular weight excluding hydrogens is 342 g/mol. The van der Waals surface area contributed by atoms with Crippen LogP contribution in [-0.4, -0.2) is 42.3 Å². The van der Waals surface area contributed by atoms with Gasteiger partial charge in [-0.1, -0.05) is 24.3 Å². The normalized spacial score (nSPS) is 11.9. The minimum absolute atomic E-state index is 0.425. The van der Waals surface area contributed by atoms with E-state index in [-0.39, 0.29) is 0 Å². The highest BCUT2D eigenvalue weighted by molar-refractivity contribution is 5.85. The first-order valence-electron chi connectivity index (χ1n) is 9.20. The maximum Gasteiger partial charge on any atom is 0.407 e. The number of rotatable bonds is 6. The number of nitrogens with one attached hydrogen (secondary N) is 3. The molecule has 146 valence electrons. The van der Waals surface area contributed by atoms with Gasteiger partial charge in [-0.05, 0) is 39.1 Å². The van der Waals surface area contributed by atoms with Crippen molar-refractivity contribution in [3.8, 4) is 0 Å². The molecule has 27 heavy (non-hydrogen) atoms. The number of benzene rings is 1. The Balaban J connectivity index is 1.89. The van der Waals surface area contributed by atoms with Crippen molar-refractivity contribution < 1.29 is 9.53 Å². The van der Waals surface area contributed by atoms with E-state index in [1.54, 1.807) is 6.20 Å². The SMILES string of the molecule is CCNC(=NCc1nccc2ccccc12)NCCNC(=O)OC(C)(C)C. The Bertz CT molecular complexity index is 778. The molecule has 1 heterocycles. The first-order valence-corrected chi connectivity index (χ1v) is 9.20. The van der Waals surface area contributed by atoms with Gasteiger partial charge in [-0.25, -0.2) is 9.79 Å². The Hall–Kier alpha value is -2.83. The Morgan fingerprint density at radius 1 is 1.11 bits per heavy atom. The van der Waals surface area contributed by atoms with Crippen LogP contribution in [0.5, 0.6) is 0 Å². The molecule has 7 nitrogen and oxygen atoms in total. The highest BCUT2D eigenvalue weighted by Gasteiger charge is 2.15. The van der Waals surface area contributed by atoms with Crippen molar-refractivity contribution in [2.24, 2.45) is 4.99 Å². The molecule has 0 fully saturated rings. The van der Waals surface area contributed by atoms with Gasteiger partial charge in [0.15, 0.2) is 5.96 Å². The van der Waals surface area contributed by atoms with E-state index in [0.29, 0.717) is 25.6 Å². The summed E-state index contributed by atoms with van der Waals surface area (Å²) in [6.07, 6.45) is 1.38. The predicted octanol–water partition coefficient (Wildman–Crippen LogP) is 2.81. The van der Waals surface area contributed by atoms with E-state index < -0.39 is 11.7 Å². The van der Waals surface area contributed by atoms with Crippen molar-refractivity contribution >= 4 is 22.8 Å². The average Bonchev–Trinajstić information content (AvgIpc) is 2.61. The Labute approximate surface area is 160 Å². The van der Waals surface area contributed by atoms with Crippen molar-refractivity contribution in [2.75, 3.05) is 19.6 Å². The predicted molar refractivity (Wildman–Crippen MR) is 109 cm³/mol. The summed E-state index contributed by atoms with van der Waals surface area (Å²) in [6, 6.07) is 10.1. The van der Waals surface area contributed by atoms with Gasteiger partial charge in [-0.15, -0.1) is 0 Å². The summed E-state index contributed by atoms with van der Waals surface area (Å²) >= 11 is 0. The number of carbonyl (C=O) groups excluding carboxylic acids is 1. The molecule has 1 aromatic heterocycles. The summed E-state index contributed by atoms with van der Waals surface area (Å²) in [7, 11) is 0. The average molecular weight is 371 g/mol. The number of pyridine rings is 1. The van der Waals surface area contributed by atoms with Gasteiger partial charge in [-0.3, -0.25) is 4.98 Å². The Kier molecular flexibility index (Phi) is 7.40. The number of carbonyl (C=O) groups is 1. The van der Waals surface area contributed by atoms with E-state index >= 15 is 0 Å². The molecule has 0 saturated carbocycles. The van der Waals surface area contributed by atoms with E-state index in [1.165, 1.54) is 0 Å². The van der Waals surface area contributed by atoms with Crippen LogP contribution >= 0.6 is 0 Å². The number of ether oxygens (including phenoxy) is 1. The number of hydrogen-bond acceptors (Lipinski definition) is 4. The van der Waals surface area contributed by atoms with Crippen LogP contribution in [0.4, 0.5) is 4.79 Å². The lowest BCUT2D eigenvalue weighted by Gasteiger charge is -2.19. The lowest BCUT2D eigenvalue weighted by atomic mass is 10.1. The molecular formula is C20H29N5O2. The number of fused-ring (bicyclic) bond motifs is 1. The first-order chi connectivity index (χ1) is 12.9. The number of aromatic nitrogens is 1. The van der Waals surface area contributed by atoms with Crippen molar-refractivity contribution in [2.45, 2.75) is 39.8 Å². The third-order valence-electron chi connectivity index (χ3n) is 3.57. The fourth-order valence-electron chi connectivity index (χ4n) is 2.46. The second-order valence-electron chi connectivity index (χ2n) is 7.03. The standard InChI is InChI=1S/C20H29N5O2/c1-5-21-18(23-12-13-24-19(26)27-20(2,3)4)25-14-17-16-9-7-6-8-15(16)10-11-22-17/h6-11H,5,12-14H2,1-4H3,(H,24,26)(H2,21,23,25). The van der Waals surface area contributed by atoms with Crippen LogP contribution in [0.2, 0.25) is 0 Å². The summed E-state index contributed by atoms with van der Waals surface area (Å²) in [5.41, 5.74) is 0.427. The first kappa shape index (κ1) is 20.5. The molecule has 0 atom stereocenters. The lowest BCUT2D eigenvalue weighted by molar-refractivity contribution is 0.0529. The van der Waals surface area contributed by atoms with Crippen LogP contribution in [0, 0.1) is 0 Å². The quantitative estimate of drug-likeness (QED) is 0.413. The Morgan fingerprint density at radius 3 is 2.59 bits per heavy atom. The summed E-state index contributed by atoms with van der Waals surface area (Å²) in [5, 5.41) is 11.4. The van der Waals surface area contributed by atoms with E-state index in [2.05, 4.69) is 38.1 Å². The molecule has 2 aromatic rings. The molecule has 0 bridgehead atoms. The maximum atomic E-state index is 11.6. The maximum absolute atomic E-state index is 11.6. The molecule has 7 heteroatoms. The van der Waals surface area contributed by atoms with Crippen LogP contribution in [0.3, 0.4) is 0 Å². The van der Waals surface area contributed by atoms with Gasteiger partial charge in [0.25, 0.3) is 0 Å². The van der Waals surface area contributed by atoms with Gasteiger partial charge < -0.3 is 20.7 Å². The number of alkyl carbamates (subject to hydrolysis) is 1. The van der Waals surface area contributed by atoms with Crippen LogP contribution < -0.4 is 16.0 Å². The largest absolute Gasteiger partial charge is 0.444 e. The molecule has 0 unspecified atom stereocenters. The van der Waals surface area contributed by atoms with Crippen molar-refractivity contribution in [1.29, 1.82) is 0 Å². The van der Waals surface area contributed by atoms with Crippen LogP contribution in [0.25, 0.3) is 10.8 Å². The second kappa shape index (κ2) is 9.75. The molecule has 1 amide bonds. The molecule has 0 aliphatic rings. The number of nitrogens with zero attached hydrogens (tertiary/aromatic N) is 2. The number of guanidine groups is 1. The topological polar surface area (TPSA) is 87.6 Å². The van der Waals surface area contributed by atoms with E-state index in [4.69, 9.17) is 4.74 Å². The van der Waals surface area contributed by atoms with Crippen molar-refractivity contribution in [3.63, 3.8) is 0 Å². The summed E-state index contributed by atoms with van der Waals surface area (Å²) in [6.45, 7) is 9.70. The van der Waals surface area contributed by atoms with E-state index in [0.717, 1.165) is 23.0 Å². The lowest BCUT2D eigenvalue weighted by Crippen LogP contribution is -2.42. The molecule has 0 spiro atoms. The molecule has 2 rings (SSSR count). The third-order valence-corrected chi connectivity index (χ3v) is 3.57. The number of hydrogen-bond donors (Lipinski definition) is 3. The van der Waals surface area contributed by atoms with E-state index in [9.17, 15) is 4.79 Å². The van der Waals surface area contributed by atoms with Gasteiger partial charge in [0, 0.05) is 31.2 Å². The van der Waals surface area contributed by atoms with Crippen molar-refractivity contribution in [3.05, 3.63) is 42.2 Å². The number of aliphatic imine (C=N–C) groups is 1. The van der Waals surface area contributed by atoms with Gasteiger partial charge in [0.05, 0.1) is 12.2 Å². The Morgan fingerprint density at radius 2 is 1.85 bits per heavy atom. The highest BCUT2D eigenvalue weighted by atomic mass is 16.6. The minimum atomic E-state index is -0.501. The molecule has 0 aliphatic heterocycles. The molecule has 0 aliphatic carbocycles. The van der Waals surface area contributed by atoms with Gasteiger partial charge in [-0.2, -0.15) is 0 Å². The molecule has 0 saturated heterocycles. The zero-order chi connectivity index (χ0) is 19.7. The van der Waals surface area contributed by atoms with Crippen molar-refractivity contribution in [1.82, 2.24) is 20.9 Å². The van der Waals surface area contributed by atoms with Crippen LogP contribution in [-0.2, 0) is 11.3 Å².